The van der Waals surface area contributed by atoms with E-state index in [1.165, 1.54) is 23.1 Å². The molecular weight excluding hydrogens is 449 g/mol. The zero-order valence-corrected chi connectivity index (χ0v) is 17.1. The fourth-order valence-electron chi connectivity index (χ4n) is 3.36. The number of alkyl halides is 3. The maximum absolute atomic E-state index is 12.8. The van der Waals surface area contributed by atoms with Crippen molar-refractivity contribution in [2.24, 2.45) is 5.92 Å². The highest BCUT2D eigenvalue weighted by Crippen LogP contribution is 2.40. The second-order valence-electron chi connectivity index (χ2n) is 7.10. The standard InChI is InChI=1S/C20H17F3N4O4S/c21-20(22,23)32(29,30)27-19-17(25-7-8-26-19)12-4-5-15-16(10-12)31-11-13(18(15)28)9-14-3-1-2-6-24-14/h1-8,10,13,18,28H,9,11H2,(H,26,27). The van der Waals surface area contributed by atoms with Crippen LogP contribution in [0.3, 0.4) is 0 Å². The van der Waals surface area contributed by atoms with Gasteiger partial charge in [0, 0.05) is 41.3 Å². The number of hydrogen-bond donors (Lipinski definition) is 2. The van der Waals surface area contributed by atoms with Crippen LogP contribution < -0.4 is 9.46 Å². The molecule has 2 aromatic heterocycles. The Morgan fingerprint density at radius 2 is 1.88 bits per heavy atom. The Hall–Kier alpha value is -3.25. The molecule has 1 aliphatic rings. The van der Waals surface area contributed by atoms with Gasteiger partial charge in [-0.15, -0.1) is 0 Å². The molecule has 1 aliphatic heterocycles. The summed E-state index contributed by atoms with van der Waals surface area (Å²) in [6.45, 7) is 0.197. The highest BCUT2D eigenvalue weighted by Gasteiger charge is 2.46. The molecule has 12 heteroatoms. The third kappa shape index (κ3) is 4.36. The normalized spacial score (nSPS) is 18.5. The zero-order valence-electron chi connectivity index (χ0n) is 16.3. The number of aliphatic hydroxyl groups excluding tert-OH is 1. The van der Waals surface area contributed by atoms with Gasteiger partial charge < -0.3 is 9.84 Å². The number of benzene rings is 1. The molecule has 0 radical (unpaired) electrons. The quantitative estimate of drug-likeness (QED) is 0.594. The van der Waals surface area contributed by atoms with Crippen LogP contribution in [0.1, 0.15) is 17.4 Å². The van der Waals surface area contributed by atoms with Gasteiger partial charge in [-0.25, -0.2) is 4.98 Å². The molecule has 0 bridgehead atoms. The molecular formula is C20H17F3N4O4S. The zero-order chi connectivity index (χ0) is 22.9. The van der Waals surface area contributed by atoms with E-state index in [9.17, 15) is 26.7 Å². The Bertz CT molecular complexity index is 1220. The van der Waals surface area contributed by atoms with Crippen LogP contribution in [0.25, 0.3) is 11.3 Å². The summed E-state index contributed by atoms with van der Waals surface area (Å²) >= 11 is 0. The number of aromatic nitrogens is 3. The third-order valence-corrected chi connectivity index (χ3v) is 6.01. The van der Waals surface area contributed by atoms with Crippen LogP contribution in [0.5, 0.6) is 5.75 Å². The van der Waals surface area contributed by atoms with E-state index in [1.807, 2.05) is 12.1 Å². The van der Waals surface area contributed by atoms with E-state index in [4.69, 9.17) is 4.74 Å². The number of ether oxygens (including phenoxy) is 1. The molecule has 32 heavy (non-hydrogen) atoms. The number of fused-ring (bicyclic) bond motifs is 1. The number of sulfonamides is 1. The average molecular weight is 466 g/mol. The smallest absolute Gasteiger partial charge is 0.493 e. The van der Waals surface area contributed by atoms with Gasteiger partial charge >= 0.3 is 15.5 Å². The fraction of sp³-hybridized carbons (Fsp3) is 0.250. The monoisotopic (exact) mass is 466 g/mol. The van der Waals surface area contributed by atoms with Gasteiger partial charge in [0.05, 0.1) is 12.7 Å². The highest BCUT2D eigenvalue weighted by molar-refractivity contribution is 7.93. The van der Waals surface area contributed by atoms with E-state index in [0.29, 0.717) is 17.7 Å². The first kappa shape index (κ1) is 22.0. The molecule has 4 rings (SSSR count). The SMILES string of the molecule is O=S(=O)(Nc1nccnc1-c1ccc2c(c1)OCC(Cc1ccccn1)C2O)C(F)(F)F. The van der Waals surface area contributed by atoms with Gasteiger partial charge in [0.15, 0.2) is 5.82 Å². The minimum atomic E-state index is -5.67. The Balaban J connectivity index is 1.61. The van der Waals surface area contributed by atoms with Gasteiger partial charge in [-0.1, -0.05) is 18.2 Å². The third-order valence-electron chi connectivity index (χ3n) is 4.94. The van der Waals surface area contributed by atoms with Crippen molar-refractivity contribution in [3.05, 3.63) is 66.2 Å². The van der Waals surface area contributed by atoms with Crippen molar-refractivity contribution in [1.82, 2.24) is 15.0 Å². The molecule has 3 aromatic rings. The van der Waals surface area contributed by atoms with Crippen LogP contribution in [0, 0.1) is 5.92 Å². The summed E-state index contributed by atoms with van der Waals surface area (Å²) in [5, 5.41) is 10.8. The van der Waals surface area contributed by atoms with E-state index < -0.39 is 27.5 Å². The number of aliphatic hydroxyl groups is 1. The van der Waals surface area contributed by atoms with Gasteiger partial charge in [0.2, 0.25) is 0 Å². The lowest BCUT2D eigenvalue weighted by Gasteiger charge is -2.30. The van der Waals surface area contributed by atoms with Crippen molar-refractivity contribution < 1.29 is 31.4 Å². The number of nitrogens with zero attached hydrogens (tertiary/aromatic N) is 3. The largest absolute Gasteiger partial charge is 0.516 e. The number of anilines is 1. The molecule has 168 valence electrons. The van der Waals surface area contributed by atoms with E-state index >= 15 is 0 Å². The molecule has 0 spiro atoms. The van der Waals surface area contributed by atoms with Crippen LogP contribution in [0.4, 0.5) is 19.0 Å². The Kier molecular flexibility index (Phi) is 5.73. The van der Waals surface area contributed by atoms with Crippen LogP contribution >= 0.6 is 0 Å². The van der Waals surface area contributed by atoms with E-state index in [-0.39, 0.29) is 23.8 Å². The van der Waals surface area contributed by atoms with Crippen molar-refractivity contribution in [3.8, 4) is 17.0 Å². The molecule has 3 heterocycles. The molecule has 0 fully saturated rings. The first-order chi connectivity index (χ1) is 15.2. The topological polar surface area (TPSA) is 114 Å². The van der Waals surface area contributed by atoms with Gasteiger partial charge in [-0.2, -0.15) is 21.6 Å². The van der Waals surface area contributed by atoms with Crippen molar-refractivity contribution in [3.63, 3.8) is 0 Å². The van der Waals surface area contributed by atoms with Crippen LogP contribution in [-0.2, 0) is 16.4 Å². The summed E-state index contributed by atoms with van der Waals surface area (Å²) in [4.78, 5) is 11.9. The molecule has 2 N–H and O–H groups in total. The second kappa shape index (κ2) is 8.36. The van der Waals surface area contributed by atoms with Crippen molar-refractivity contribution >= 4 is 15.8 Å². The molecule has 1 aromatic carbocycles. The summed E-state index contributed by atoms with van der Waals surface area (Å²) in [7, 11) is -5.67. The second-order valence-corrected chi connectivity index (χ2v) is 8.77. The molecule has 0 aliphatic carbocycles. The maximum Gasteiger partial charge on any atom is 0.516 e. The van der Waals surface area contributed by atoms with E-state index in [1.54, 1.807) is 18.3 Å². The number of rotatable bonds is 5. The van der Waals surface area contributed by atoms with Crippen molar-refractivity contribution in [2.75, 3.05) is 11.3 Å². The summed E-state index contributed by atoms with van der Waals surface area (Å²) < 4.78 is 68.5. The molecule has 2 unspecified atom stereocenters. The van der Waals surface area contributed by atoms with E-state index in [2.05, 4.69) is 15.0 Å². The summed E-state index contributed by atoms with van der Waals surface area (Å²) in [6.07, 6.45) is 3.60. The van der Waals surface area contributed by atoms with Gasteiger partial charge in [0.1, 0.15) is 11.4 Å². The number of nitrogens with one attached hydrogen (secondary N) is 1. The lowest BCUT2D eigenvalue weighted by atomic mass is 9.89. The predicted molar refractivity (Wildman–Crippen MR) is 108 cm³/mol. The molecule has 0 saturated carbocycles. The van der Waals surface area contributed by atoms with Crippen molar-refractivity contribution in [1.29, 1.82) is 0 Å². The Labute approximate surface area is 181 Å². The van der Waals surface area contributed by atoms with Crippen molar-refractivity contribution in [2.45, 2.75) is 18.0 Å². The molecule has 2 atom stereocenters. The van der Waals surface area contributed by atoms with Gasteiger partial charge in [-0.05, 0) is 24.6 Å². The fourth-order valence-corrected chi connectivity index (χ4v) is 3.88. The summed E-state index contributed by atoms with van der Waals surface area (Å²) in [5.74, 6) is -0.495. The summed E-state index contributed by atoms with van der Waals surface area (Å²) in [5.41, 5.74) is -4.04. The Morgan fingerprint density at radius 3 is 2.59 bits per heavy atom. The van der Waals surface area contributed by atoms with Crippen LogP contribution in [-0.4, -0.2) is 40.6 Å². The van der Waals surface area contributed by atoms with E-state index in [0.717, 1.165) is 11.9 Å². The highest BCUT2D eigenvalue weighted by atomic mass is 32.2. The minimum absolute atomic E-state index is 0.114. The van der Waals surface area contributed by atoms with Crippen LogP contribution in [0.15, 0.2) is 55.0 Å². The first-order valence-electron chi connectivity index (χ1n) is 9.41. The lowest BCUT2D eigenvalue weighted by molar-refractivity contribution is -0.0429. The Morgan fingerprint density at radius 1 is 1.09 bits per heavy atom. The van der Waals surface area contributed by atoms with Gasteiger partial charge in [-0.3, -0.25) is 14.7 Å². The number of halogens is 3. The predicted octanol–water partition coefficient (Wildman–Crippen LogP) is 3.08. The number of pyridine rings is 1. The summed E-state index contributed by atoms with van der Waals surface area (Å²) in [6, 6.07) is 10.0. The minimum Gasteiger partial charge on any atom is -0.493 e. The van der Waals surface area contributed by atoms with Crippen LogP contribution in [0.2, 0.25) is 0 Å². The molecule has 0 saturated heterocycles. The van der Waals surface area contributed by atoms with Gasteiger partial charge in [0.25, 0.3) is 0 Å². The number of hydrogen-bond acceptors (Lipinski definition) is 7. The maximum atomic E-state index is 12.8. The first-order valence-corrected chi connectivity index (χ1v) is 10.9. The average Bonchev–Trinajstić information content (AvgIpc) is 2.75. The molecule has 0 amide bonds. The lowest BCUT2D eigenvalue weighted by Crippen LogP contribution is -2.30. The molecule has 8 nitrogen and oxygen atoms in total.